The second-order valence-electron chi connectivity index (χ2n) is 5.07. The minimum absolute atomic E-state index is 0.0229. The zero-order chi connectivity index (χ0) is 15.4. The minimum Gasteiger partial charge on any atom is -0.434 e. The van der Waals surface area contributed by atoms with Crippen molar-refractivity contribution < 1.29 is 18.3 Å². The van der Waals surface area contributed by atoms with Crippen molar-refractivity contribution in [3.8, 4) is 5.75 Å². The Labute approximate surface area is 121 Å². The molecule has 1 unspecified atom stereocenters. The van der Waals surface area contributed by atoms with Crippen molar-refractivity contribution in [3.05, 3.63) is 29.8 Å². The molecule has 0 aliphatic carbocycles. The standard InChI is InChI=1S/C14H17F2N3O2/c1-8(2)7-17-14-18-11(12(20)19-14)9-5-3-4-6-10(9)21-13(15)16/h3-6,8,11,13H,7H2,1-2H3,(H2,17,18,19,20). The molecule has 1 heterocycles. The van der Waals surface area contributed by atoms with Gasteiger partial charge in [0.15, 0.2) is 5.96 Å². The lowest BCUT2D eigenvalue weighted by atomic mass is 10.1. The third kappa shape index (κ3) is 3.90. The predicted octanol–water partition coefficient (Wildman–Crippen LogP) is 2.06. The van der Waals surface area contributed by atoms with Crippen LogP contribution in [0.15, 0.2) is 29.3 Å². The summed E-state index contributed by atoms with van der Waals surface area (Å²) in [7, 11) is 0. The lowest BCUT2D eigenvalue weighted by Gasteiger charge is -2.14. The Morgan fingerprint density at radius 1 is 1.33 bits per heavy atom. The quantitative estimate of drug-likeness (QED) is 0.874. The van der Waals surface area contributed by atoms with Gasteiger partial charge >= 0.3 is 6.61 Å². The van der Waals surface area contributed by atoms with Crippen molar-refractivity contribution in [3.63, 3.8) is 0 Å². The number of amides is 1. The Bertz CT molecular complexity index is 547. The average molecular weight is 297 g/mol. The number of nitrogens with zero attached hydrogens (tertiary/aromatic N) is 1. The summed E-state index contributed by atoms with van der Waals surface area (Å²) in [6.07, 6.45) is 0. The second-order valence-corrected chi connectivity index (χ2v) is 5.07. The van der Waals surface area contributed by atoms with Gasteiger partial charge in [-0.2, -0.15) is 8.78 Å². The van der Waals surface area contributed by atoms with E-state index in [4.69, 9.17) is 0 Å². The summed E-state index contributed by atoms with van der Waals surface area (Å²) >= 11 is 0. The molecular formula is C14H17F2N3O2. The normalized spacial score (nSPS) is 20.0. The molecule has 1 amide bonds. The number of carbonyl (C=O) groups is 1. The lowest BCUT2D eigenvalue weighted by molar-refractivity contribution is -0.120. The number of halogens is 2. The maximum atomic E-state index is 12.4. The molecule has 0 spiro atoms. The van der Waals surface area contributed by atoms with Crippen LogP contribution in [0.25, 0.3) is 0 Å². The molecular weight excluding hydrogens is 280 g/mol. The van der Waals surface area contributed by atoms with E-state index in [9.17, 15) is 13.6 Å². The Balaban J connectivity index is 2.19. The van der Waals surface area contributed by atoms with Gasteiger partial charge in [0.25, 0.3) is 5.91 Å². The number of benzene rings is 1. The minimum atomic E-state index is -2.94. The number of para-hydroxylation sites is 1. The Morgan fingerprint density at radius 3 is 2.71 bits per heavy atom. The van der Waals surface area contributed by atoms with Gasteiger partial charge in [-0.15, -0.1) is 0 Å². The average Bonchev–Trinajstić information content (AvgIpc) is 2.77. The Morgan fingerprint density at radius 2 is 2.05 bits per heavy atom. The van der Waals surface area contributed by atoms with E-state index in [1.807, 2.05) is 13.8 Å². The maximum Gasteiger partial charge on any atom is 0.387 e. The van der Waals surface area contributed by atoms with Crippen LogP contribution in [0.4, 0.5) is 8.78 Å². The van der Waals surface area contributed by atoms with Gasteiger partial charge in [-0.25, -0.2) is 0 Å². The van der Waals surface area contributed by atoms with Gasteiger partial charge in [0, 0.05) is 12.1 Å². The number of aliphatic imine (C=N–C) groups is 1. The van der Waals surface area contributed by atoms with Crippen LogP contribution in [0, 0.1) is 5.92 Å². The summed E-state index contributed by atoms with van der Waals surface area (Å²) in [5.41, 5.74) is 0.352. The first-order valence-corrected chi connectivity index (χ1v) is 6.63. The third-order valence-corrected chi connectivity index (χ3v) is 2.85. The monoisotopic (exact) mass is 297 g/mol. The van der Waals surface area contributed by atoms with Gasteiger partial charge in [-0.3, -0.25) is 15.1 Å². The van der Waals surface area contributed by atoms with E-state index in [0.29, 0.717) is 24.0 Å². The van der Waals surface area contributed by atoms with Crippen LogP contribution in [-0.2, 0) is 4.79 Å². The summed E-state index contributed by atoms with van der Waals surface area (Å²) in [5, 5.41) is 5.49. The first-order chi connectivity index (χ1) is 9.97. The summed E-state index contributed by atoms with van der Waals surface area (Å²) in [5.74, 6) is 0.336. The lowest BCUT2D eigenvalue weighted by Crippen LogP contribution is -2.26. The van der Waals surface area contributed by atoms with Gasteiger partial charge in [0.2, 0.25) is 0 Å². The van der Waals surface area contributed by atoms with E-state index in [2.05, 4.69) is 20.4 Å². The van der Waals surface area contributed by atoms with Crippen LogP contribution in [0.1, 0.15) is 25.5 Å². The van der Waals surface area contributed by atoms with Crippen LogP contribution >= 0.6 is 0 Å². The predicted molar refractivity (Wildman–Crippen MR) is 74.2 cm³/mol. The summed E-state index contributed by atoms with van der Waals surface area (Å²) < 4.78 is 29.3. The molecule has 1 aromatic carbocycles. The molecule has 0 radical (unpaired) electrons. The van der Waals surface area contributed by atoms with Gasteiger partial charge in [0.1, 0.15) is 11.8 Å². The molecule has 7 heteroatoms. The highest BCUT2D eigenvalue weighted by atomic mass is 19.3. The molecule has 2 N–H and O–H groups in total. The first-order valence-electron chi connectivity index (χ1n) is 6.63. The molecule has 0 aromatic heterocycles. The fourth-order valence-electron chi connectivity index (χ4n) is 1.93. The molecule has 0 saturated carbocycles. The molecule has 21 heavy (non-hydrogen) atoms. The first kappa shape index (κ1) is 15.2. The van der Waals surface area contributed by atoms with Crippen LogP contribution < -0.4 is 15.4 Å². The van der Waals surface area contributed by atoms with Crippen molar-refractivity contribution >= 4 is 11.9 Å². The van der Waals surface area contributed by atoms with E-state index in [-0.39, 0.29) is 11.7 Å². The van der Waals surface area contributed by atoms with E-state index in [0.717, 1.165) is 0 Å². The number of hydrogen-bond donors (Lipinski definition) is 2. The van der Waals surface area contributed by atoms with Gasteiger partial charge in [-0.05, 0) is 12.0 Å². The number of guanidine groups is 1. The van der Waals surface area contributed by atoms with Crippen molar-refractivity contribution in [2.45, 2.75) is 26.5 Å². The van der Waals surface area contributed by atoms with Gasteiger partial charge < -0.3 is 10.1 Å². The van der Waals surface area contributed by atoms with E-state index < -0.39 is 12.7 Å². The molecule has 1 atom stereocenters. The number of carbonyl (C=O) groups excluding carboxylic acids is 1. The number of rotatable bonds is 5. The molecule has 1 aliphatic heterocycles. The van der Waals surface area contributed by atoms with Gasteiger partial charge in [-0.1, -0.05) is 32.0 Å². The Kier molecular flexibility index (Phi) is 4.72. The molecule has 2 rings (SSSR count). The van der Waals surface area contributed by atoms with Crippen molar-refractivity contribution in [1.82, 2.24) is 10.6 Å². The zero-order valence-electron chi connectivity index (χ0n) is 11.8. The number of nitrogens with one attached hydrogen (secondary N) is 2. The summed E-state index contributed by atoms with van der Waals surface area (Å²) in [6, 6.07) is 5.42. The molecule has 1 saturated heterocycles. The van der Waals surface area contributed by atoms with Gasteiger partial charge in [0.05, 0.1) is 0 Å². The third-order valence-electron chi connectivity index (χ3n) is 2.85. The number of ether oxygens (including phenoxy) is 1. The smallest absolute Gasteiger partial charge is 0.387 e. The summed E-state index contributed by atoms with van der Waals surface area (Å²) in [4.78, 5) is 16.2. The van der Waals surface area contributed by atoms with E-state index in [1.54, 1.807) is 18.2 Å². The maximum absolute atomic E-state index is 12.4. The highest BCUT2D eigenvalue weighted by Crippen LogP contribution is 2.28. The molecule has 0 bridgehead atoms. The van der Waals surface area contributed by atoms with E-state index in [1.165, 1.54) is 6.07 Å². The van der Waals surface area contributed by atoms with E-state index >= 15 is 0 Å². The SMILES string of the molecule is CC(C)CN=C1NC(=O)C(c2ccccc2OC(F)F)N1. The molecule has 5 nitrogen and oxygen atoms in total. The van der Waals surface area contributed by atoms with Crippen LogP contribution in [0.5, 0.6) is 5.75 Å². The number of hydrogen-bond acceptors (Lipinski definition) is 3. The van der Waals surface area contributed by atoms with Crippen molar-refractivity contribution in [2.24, 2.45) is 10.9 Å². The number of alkyl halides is 2. The Hall–Kier alpha value is -2.18. The highest BCUT2D eigenvalue weighted by molar-refractivity contribution is 6.07. The van der Waals surface area contributed by atoms with Crippen LogP contribution in [0.2, 0.25) is 0 Å². The molecule has 1 aromatic rings. The highest BCUT2D eigenvalue weighted by Gasteiger charge is 2.32. The zero-order valence-corrected chi connectivity index (χ0v) is 11.8. The fraction of sp³-hybridized carbons (Fsp3) is 0.429. The topological polar surface area (TPSA) is 62.7 Å². The fourth-order valence-corrected chi connectivity index (χ4v) is 1.93. The molecule has 1 fully saturated rings. The van der Waals surface area contributed by atoms with Crippen molar-refractivity contribution in [2.75, 3.05) is 6.54 Å². The van der Waals surface area contributed by atoms with Crippen molar-refractivity contribution in [1.29, 1.82) is 0 Å². The largest absolute Gasteiger partial charge is 0.434 e. The second kappa shape index (κ2) is 6.51. The van der Waals surface area contributed by atoms with Crippen LogP contribution in [-0.4, -0.2) is 25.0 Å². The molecule has 1 aliphatic rings. The molecule has 114 valence electrons. The van der Waals surface area contributed by atoms with Crippen LogP contribution in [0.3, 0.4) is 0 Å². The summed E-state index contributed by atoms with van der Waals surface area (Å²) in [6.45, 7) is 1.63.